The predicted octanol–water partition coefficient (Wildman–Crippen LogP) is 2.34. The van der Waals surface area contributed by atoms with Crippen molar-refractivity contribution < 1.29 is 4.79 Å². The lowest BCUT2D eigenvalue weighted by molar-refractivity contribution is -0.128. The fourth-order valence-corrected chi connectivity index (χ4v) is 2.58. The number of hydrogen-bond acceptors (Lipinski definition) is 2. The van der Waals surface area contributed by atoms with Crippen LogP contribution in [0.3, 0.4) is 0 Å². The first-order valence-electron chi connectivity index (χ1n) is 6.96. The third-order valence-electron chi connectivity index (χ3n) is 3.60. The van der Waals surface area contributed by atoms with Gasteiger partial charge < -0.3 is 10.2 Å². The van der Waals surface area contributed by atoms with Crippen LogP contribution in [0.15, 0.2) is 43.0 Å². The van der Waals surface area contributed by atoms with E-state index in [2.05, 4.69) is 36.2 Å². The van der Waals surface area contributed by atoms with Gasteiger partial charge in [0.15, 0.2) is 0 Å². The second-order valence-electron chi connectivity index (χ2n) is 4.98. The Kier molecular flexibility index (Phi) is 5.16. The average molecular weight is 258 g/mol. The van der Waals surface area contributed by atoms with Gasteiger partial charge in [0.25, 0.3) is 0 Å². The highest BCUT2D eigenvalue weighted by Crippen LogP contribution is 2.20. The van der Waals surface area contributed by atoms with Gasteiger partial charge in [-0.15, -0.1) is 6.58 Å². The molecule has 19 heavy (non-hydrogen) atoms. The van der Waals surface area contributed by atoms with Crippen molar-refractivity contribution in [1.29, 1.82) is 0 Å². The monoisotopic (exact) mass is 258 g/mol. The zero-order chi connectivity index (χ0) is 13.5. The van der Waals surface area contributed by atoms with Crippen molar-refractivity contribution in [2.75, 3.05) is 13.1 Å². The Labute approximate surface area is 115 Å². The van der Waals surface area contributed by atoms with E-state index in [0.717, 1.165) is 25.9 Å². The summed E-state index contributed by atoms with van der Waals surface area (Å²) in [6.45, 7) is 6.24. The minimum Gasteiger partial charge on any atom is -0.336 e. The minimum absolute atomic E-state index is 0.271. The van der Waals surface area contributed by atoms with E-state index in [1.165, 1.54) is 5.56 Å². The molecule has 1 atom stereocenters. The van der Waals surface area contributed by atoms with Crippen LogP contribution in [0.5, 0.6) is 0 Å². The highest BCUT2D eigenvalue weighted by atomic mass is 16.2. The predicted molar refractivity (Wildman–Crippen MR) is 77.7 cm³/mol. The number of nitrogens with one attached hydrogen (secondary N) is 1. The highest BCUT2D eigenvalue weighted by Gasteiger charge is 2.29. The maximum absolute atomic E-state index is 11.7. The number of hydrogen-bond donors (Lipinski definition) is 1. The number of carbonyl (C=O) groups excluding carboxylic acids is 1. The van der Waals surface area contributed by atoms with Gasteiger partial charge in [-0.1, -0.05) is 36.4 Å². The van der Waals surface area contributed by atoms with Crippen molar-refractivity contribution in [2.45, 2.75) is 31.8 Å². The Hall–Kier alpha value is -1.61. The summed E-state index contributed by atoms with van der Waals surface area (Å²) in [5.41, 5.74) is 1.30. The molecule has 0 aliphatic carbocycles. The van der Waals surface area contributed by atoms with E-state index >= 15 is 0 Å². The molecular formula is C16H22N2O. The summed E-state index contributed by atoms with van der Waals surface area (Å²) < 4.78 is 0. The summed E-state index contributed by atoms with van der Waals surface area (Å²) in [6.07, 6.45) is 4.51. The molecule has 1 aromatic rings. The molecule has 0 spiro atoms. The largest absolute Gasteiger partial charge is 0.336 e. The van der Waals surface area contributed by atoms with E-state index in [-0.39, 0.29) is 5.91 Å². The number of rotatable bonds is 7. The third-order valence-corrected chi connectivity index (χ3v) is 3.60. The van der Waals surface area contributed by atoms with Crippen LogP contribution in [-0.2, 0) is 11.3 Å². The maximum Gasteiger partial charge on any atom is 0.223 e. The van der Waals surface area contributed by atoms with Crippen LogP contribution in [0, 0.1) is 0 Å². The quantitative estimate of drug-likeness (QED) is 0.601. The van der Waals surface area contributed by atoms with Gasteiger partial charge in [-0.25, -0.2) is 0 Å². The summed E-state index contributed by atoms with van der Waals surface area (Å²) >= 11 is 0. The summed E-state index contributed by atoms with van der Waals surface area (Å²) in [5.74, 6) is 0.271. The standard InChI is InChI=1S/C16H22N2O/c1-2-12-18-15(8-9-16(18)19)10-11-17-13-14-6-4-3-5-7-14/h2-7,15,17H,1,8-13H2. The van der Waals surface area contributed by atoms with Crippen molar-refractivity contribution in [2.24, 2.45) is 0 Å². The Morgan fingerprint density at radius 2 is 2.16 bits per heavy atom. The van der Waals surface area contributed by atoms with E-state index in [1.54, 1.807) is 0 Å². The number of carbonyl (C=O) groups is 1. The van der Waals surface area contributed by atoms with E-state index in [4.69, 9.17) is 0 Å². The van der Waals surface area contributed by atoms with Crippen LogP contribution in [0.2, 0.25) is 0 Å². The molecule has 0 radical (unpaired) electrons. The van der Waals surface area contributed by atoms with Gasteiger partial charge in [0.05, 0.1) is 0 Å². The molecule has 1 N–H and O–H groups in total. The average Bonchev–Trinajstić information content (AvgIpc) is 2.78. The topological polar surface area (TPSA) is 32.3 Å². The summed E-state index contributed by atoms with van der Waals surface area (Å²) in [6, 6.07) is 10.8. The minimum atomic E-state index is 0.271. The lowest BCUT2D eigenvalue weighted by Crippen LogP contribution is -2.35. The Bertz CT molecular complexity index is 416. The van der Waals surface area contributed by atoms with E-state index < -0.39 is 0 Å². The molecule has 102 valence electrons. The molecule has 2 rings (SSSR count). The first-order chi connectivity index (χ1) is 9.31. The lowest BCUT2D eigenvalue weighted by Gasteiger charge is -2.23. The smallest absolute Gasteiger partial charge is 0.223 e. The van der Waals surface area contributed by atoms with Crippen molar-refractivity contribution in [3.05, 3.63) is 48.6 Å². The zero-order valence-corrected chi connectivity index (χ0v) is 11.3. The molecule has 0 saturated carbocycles. The van der Waals surface area contributed by atoms with Gasteiger partial charge >= 0.3 is 0 Å². The Morgan fingerprint density at radius 3 is 2.89 bits per heavy atom. The van der Waals surface area contributed by atoms with Crippen LogP contribution in [-0.4, -0.2) is 29.9 Å². The van der Waals surface area contributed by atoms with Crippen LogP contribution >= 0.6 is 0 Å². The van der Waals surface area contributed by atoms with E-state index in [0.29, 0.717) is 19.0 Å². The molecule has 1 aliphatic heterocycles. The summed E-state index contributed by atoms with van der Waals surface area (Å²) in [5, 5.41) is 3.44. The first kappa shape index (κ1) is 13.8. The van der Waals surface area contributed by atoms with Crippen LogP contribution in [0.4, 0.5) is 0 Å². The highest BCUT2D eigenvalue weighted by molar-refractivity contribution is 5.78. The molecule has 0 bridgehead atoms. The van der Waals surface area contributed by atoms with Gasteiger partial charge in [-0.2, -0.15) is 0 Å². The Morgan fingerprint density at radius 1 is 1.37 bits per heavy atom. The molecule has 1 aliphatic rings. The number of nitrogens with zero attached hydrogens (tertiary/aromatic N) is 1. The molecule has 1 saturated heterocycles. The summed E-state index contributed by atoms with van der Waals surface area (Å²) in [4.78, 5) is 13.6. The van der Waals surface area contributed by atoms with Gasteiger partial charge in [0.2, 0.25) is 5.91 Å². The van der Waals surface area contributed by atoms with Gasteiger partial charge in [-0.05, 0) is 24.9 Å². The second kappa shape index (κ2) is 7.10. The molecule has 3 heteroatoms. The zero-order valence-electron chi connectivity index (χ0n) is 11.3. The van der Waals surface area contributed by atoms with Crippen molar-refractivity contribution in [3.63, 3.8) is 0 Å². The molecule has 1 heterocycles. The SMILES string of the molecule is C=CCN1C(=O)CCC1CCNCc1ccccc1. The van der Waals surface area contributed by atoms with Gasteiger partial charge in [0, 0.05) is 25.6 Å². The maximum atomic E-state index is 11.7. The van der Waals surface area contributed by atoms with Crippen LogP contribution in [0.1, 0.15) is 24.8 Å². The van der Waals surface area contributed by atoms with Crippen molar-refractivity contribution >= 4 is 5.91 Å². The molecule has 1 unspecified atom stereocenters. The molecule has 0 aromatic heterocycles. The first-order valence-corrected chi connectivity index (χ1v) is 6.96. The second-order valence-corrected chi connectivity index (χ2v) is 4.98. The molecular weight excluding hydrogens is 236 g/mol. The fourth-order valence-electron chi connectivity index (χ4n) is 2.58. The summed E-state index contributed by atoms with van der Waals surface area (Å²) in [7, 11) is 0. The fraction of sp³-hybridized carbons (Fsp3) is 0.438. The van der Waals surface area contributed by atoms with Gasteiger partial charge in [-0.3, -0.25) is 4.79 Å². The van der Waals surface area contributed by atoms with Crippen molar-refractivity contribution in [1.82, 2.24) is 10.2 Å². The third kappa shape index (κ3) is 3.93. The Balaban J connectivity index is 1.70. The number of benzene rings is 1. The molecule has 1 fully saturated rings. The molecule has 1 amide bonds. The van der Waals surface area contributed by atoms with Crippen molar-refractivity contribution in [3.8, 4) is 0 Å². The lowest BCUT2D eigenvalue weighted by atomic mass is 10.1. The van der Waals surface area contributed by atoms with Gasteiger partial charge in [0.1, 0.15) is 0 Å². The van der Waals surface area contributed by atoms with E-state index in [1.807, 2.05) is 17.0 Å². The normalized spacial score (nSPS) is 18.8. The molecule has 1 aromatic carbocycles. The van der Waals surface area contributed by atoms with Crippen LogP contribution in [0.25, 0.3) is 0 Å². The molecule has 3 nitrogen and oxygen atoms in total. The van der Waals surface area contributed by atoms with Crippen LogP contribution < -0.4 is 5.32 Å². The van der Waals surface area contributed by atoms with E-state index in [9.17, 15) is 4.79 Å². The number of likely N-dealkylation sites (tertiary alicyclic amines) is 1. The number of amides is 1.